The van der Waals surface area contributed by atoms with Gasteiger partial charge in [0.25, 0.3) is 0 Å². The van der Waals surface area contributed by atoms with Crippen molar-refractivity contribution in [3.63, 3.8) is 0 Å². The summed E-state index contributed by atoms with van der Waals surface area (Å²) in [5.41, 5.74) is 4.86. The Kier molecular flexibility index (Phi) is 3.65. The molecule has 76 valence electrons. The molecule has 0 aliphatic rings. The predicted molar refractivity (Wildman–Crippen MR) is 57.7 cm³/mol. The van der Waals surface area contributed by atoms with Crippen molar-refractivity contribution >= 4 is 39.1 Å². The number of nitrogens with two attached hydrogens (primary N) is 1. The summed E-state index contributed by atoms with van der Waals surface area (Å²) in [6.07, 6.45) is 0. The zero-order valence-electron chi connectivity index (χ0n) is 7.49. The van der Waals surface area contributed by atoms with Gasteiger partial charge in [-0.25, -0.2) is 0 Å². The Balaban J connectivity index is 2.61. The lowest BCUT2D eigenvalue weighted by molar-refractivity contribution is -0.143. The van der Waals surface area contributed by atoms with Crippen LogP contribution in [0, 0.1) is 0 Å². The van der Waals surface area contributed by atoms with Crippen LogP contribution in [0.1, 0.15) is 4.88 Å². The average Bonchev–Trinajstić information content (AvgIpc) is 2.49. The molecule has 0 spiro atoms. The van der Waals surface area contributed by atoms with E-state index in [0.29, 0.717) is 6.54 Å². The van der Waals surface area contributed by atoms with Gasteiger partial charge in [-0.2, -0.15) is 0 Å². The molecule has 0 aliphatic carbocycles. The fourth-order valence-corrected chi connectivity index (χ4v) is 2.43. The van der Waals surface area contributed by atoms with Gasteiger partial charge in [0, 0.05) is 21.8 Å². The number of carbonyl (C=O) groups is 2. The largest absolute Gasteiger partial charge is 0.361 e. The Labute approximate surface area is 93.8 Å². The Morgan fingerprint density at radius 2 is 2.29 bits per heavy atom. The highest BCUT2D eigenvalue weighted by atomic mass is 79.9. The highest BCUT2D eigenvalue weighted by Gasteiger charge is 2.15. The minimum Gasteiger partial charge on any atom is -0.361 e. The van der Waals surface area contributed by atoms with Crippen LogP contribution in [0.25, 0.3) is 0 Å². The molecule has 0 fully saturated rings. The number of primary amides is 1. The molecule has 0 unspecified atom stereocenters. The van der Waals surface area contributed by atoms with E-state index in [1.165, 1.54) is 16.2 Å². The van der Waals surface area contributed by atoms with E-state index in [2.05, 4.69) is 15.9 Å². The normalized spacial score (nSPS) is 9.86. The zero-order chi connectivity index (χ0) is 10.7. The highest BCUT2D eigenvalue weighted by Crippen LogP contribution is 2.20. The van der Waals surface area contributed by atoms with E-state index in [0.717, 1.165) is 9.35 Å². The molecule has 6 heteroatoms. The standard InChI is InChI=1S/C8H9BrN2O2S/c1-11(8(13)7(10)12)3-6-2-5(9)4-14-6/h2,4H,3H2,1H3,(H2,10,12). The molecule has 1 rings (SSSR count). The molecule has 1 aromatic heterocycles. The van der Waals surface area contributed by atoms with E-state index in [1.54, 1.807) is 7.05 Å². The van der Waals surface area contributed by atoms with Gasteiger partial charge in [-0.15, -0.1) is 11.3 Å². The fourth-order valence-electron chi connectivity index (χ4n) is 0.930. The second-order valence-electron chi connectivity index (χ2n) is 2.76. The Morgan fingerprint density at radius 3 is 2.71 bits per heavy atom. The molecule has 0 bridgehead atoms. The van der Waals surface area contributed by atoms with Crippen molar-refractivity contribution in [2.45, 2.75) is 6.54 Å². The topological polar surface area (TPSA) is 63.4 Å². The van der Waals surface area contributed by atoms with Gasteiger partial charge in [0.1, 0.15) is 0 Å². The van der Waals surface area contributed by atoms with Gasteiger partial charge in [0.2, 0.25) is 0 Å². The minimum absolute atomic E-state index is 0.401. The molecular weight excluding hydrogens is 268 g/mol. The van der Waals surface area contributed by atoms with Crippen molar-refractivity contribution in [2.24, 2.45) is 5.73 Å². The van der Waals surface area contributed by atoms with Gasteiger partial charge in [0.15, 0.2) is 0 Å². The van der Waals surface area contributed by atoms with Crippen molar-refractivity contribution in [1.29, 1.82) is 0 Å². The first-order valence-corrected chi connectivity index (χ1v) is 5.46. The molecule has 0 atom stereocenters. The molecule has 0 aromatic carbocycles. The number of nitrogens with zero attached hydrogens (tertiary/aromatic N) is 1. The number of hydrogen-bond acceptors (Lipinski definition) is 3. The quantitative estimate of drug-likeness (QED) is 0.818. The van der Waals surface area contributed by atoms with Crippen molar-refractivity contribution in [3.05, 3.63) is 20.8 Å². The molecule has 4 nitrogen and oxygen atoms in total. The van der Waals surface area contributed by atoms with Crippen LogP contribution in [0.15, 0.2) is 15.9 Å². The number of rotatable bonds is 2. The number of carbonyl (C=O) groups excluding carboxylic acids is 2. The Bertz CT molecular complexity index is 364. The summed E-state index contributed by atoms with van der Waals surface area (Å²) >= 11 is 4.82. The third-order valence-corrected chi connectivity index (χ3v) is 3.25. The number of hydrogen-bond donors (Lipinski definition) is 1. The molecule has 0 aliphatic heterocycles. The molecule has 0 saturated carbocycles. The summed E-state index contributed by atoms with van der Waals surface area (Å²) in [6, 6.07) is 1.90. The maximum Gasteiger partial charge on any atom is 0.311 e. The van der Waals surface area contributed by atoms with Gasteiger partial charge in [-0.05, 0) is 22.0 Å². The molecule has 1 heterocycles. The SMILES string of the molecule is CN(Cc1cc(Br)cs1)C(=O)C(N)=O. The zero-order valence-corrected chi connectivity index (χ0v) is 9.89. The second-order valence-corrected chi connectivity index (χ2v) is 4.67. The molecule has 1 aromatic rings. The predicted octanol–water partition coefficient (Wildman–Crippen LogP) is 0.954. The summed E-state index contributed by atoms with van der Waals surface area (Å²) < 4.78 is 0.970. The summed E-state index contributed by atoms with van der Waals surface area (Å²) in [5.74, 6) is -1.60. The number of amides is 2. The van der Waals surface area contributed by atoms with Crippen LogP contribution < -0.4 is 5.73 Å². The summed E-state index contributed by atoms with van der Waals surface area (Å²) in [7, 11) is 1.54. The maximum absolute atomic E-state index is 11.1. The van der Waals surface area contributed by atoms with Crippen molar-refractivity contribution in [3.8, 4) is 0 Å². The average molecular weight is 277 g/mol. The second kappa shape index (κ2) is 4.56. The summed E-state index contributed by atoms with van der Waals surface area (Å²) in [4.78, 5) is 23.9. The maximum atomic E-state index is 11.1. The number of halogens is 1. The van der Waals surface area contributed by atoms with Crippen molar-refractivity contribution in [2.75, 3.05) is 7.05 Å². The number of thiophene rings is 1. The molecule has 14 heavy (non-hydrogen) atoms. The van der Waals surface area contributed by atoms with E-state index in [-0.39, 0.29) is 0 Å². The van der Waals surface area contributed by atoms with Gasteiger partial charge in [-0.3, -0.25) is 9.59 Å². The van der Waals surface area contributed by atoms with E-state index in [1.807, 2.05) is 11.4 Å². The van der Waals surface area contributed by atoms with Crippen LogP contribution in [0.4, 0.5) is 0 Å². The highest BCUT2D eigenvalue weighted by molar-refractivity contribution is 9.10. The Hall–Kier alpha value is -0.880. The lowest BCUT2D eigenvalue weighted by Crippen LogP contribution is -2.36. The molecular formula is C8H9BrN2O2S. The molecule has 2 amide bonds. The molecule has 0 saturated heterocycles. The van der Waals surface area contributed by atoms with Crippen LogP contribution in [-0.4, -0.2) is 23.8 Å². The molecule has 2 N–H and O–H groups in total. The summed E-state index contributed by atoms with van der Waals surface area (Å²) in [6.45, 7) is 0.401. The van der Waals surface area contributed by atoms with E-state index < -0.39 is 11.8 Å². The van der Waals surface area contributed by atoms with Crippen LogP contribution in [0.2, 0.25) is 0 Å². The van der Waals surface area contributed by atoms with Crippen LogP contribution in [0.3, 0.4) is 0 Å². The van der Waals surface area contributed by atoms with Gasteiger partial charge < -0.3 is 10.6 Å². The minimum atomic E-state index is -0.928. The fraction of sp³-hybridized carbons (Fsp3) is 0.250. The Morgan fingerprint density at radius 1 is 1.64 bits per heavy atom. The molecule has 0 radical (unpaired) electrons. The van der Waals surface area contributed by atoms with E-state index in [4.69, 9.17) is 5.73 Å². The van der Waals surface area contributed by atoms with E-state index >= 15 is 0 Å². The first kappa shape index (κ1) is 11.2. The lowest BCUT2D eigenvalue weighted by Gasteiger charge is -2.13. The van der Waals surface area contributed by atoms with Crippen molar-refractivity contribution < 1.29 is 9.59 Å². The smallest absolute Gasteiger partial charge is 0.311 e. The summed E-state index contributed by atoms with van der Waals surface area (Å²) in [5, 5.41) is 1.91. The van der Waals surface area contributed by atoms with Crippen LogP contribution in [0.5, 0.6) is 0 Å². The lowest BCUT2D eigenvalue weighted by atomic mass is 10.4. The number of likely N-dealkylation sites (N-methyl/N-ethyl adjacent to an activating group) is 1. The third kappa shape index (κ3) is 2.81. The van der Waals surface area contributed by atoms with Crippen molar-refractivity contribution in [1.82, 2.24) is 4.90 Å². The van der Waals surface area contributed by atoms with E-state index in [9.17, 15) is 9.59 Å². The van der Waals surface area contributed by atoms with Gasteiger partial charge >= 0.3 is 11.8 Å². The van der Waals surface area contributed by atoms with Gasteiger partial charge in [-0.1, -0.05) is 0 Å². The monoisotopic (exact) mass is 276 g/mol. The van der Waals surface area contributed by atoms with Crippen LogP contribution >= 0.6 is 27.3 Å². The van der Waals surface area contributed by atoms with Gasteiger partial charge in [0.05, 0.1) is 6.54 Å². The van der Waals surface area contributed by atoms with Crippen LogP contribution in [-0.2, 0) is 16.1 Å². The third-order valence-electron chi connectivity index (χ3n) is 1.57. The first-order valence-electron chi connectivity index (χ1n) is 3.78. The first-order chi connectivity index (χ1) is 6.50.